The van der Waals surface area contributed by atoms with Crippen LogP contribution in [0.5, 0.6) is 0 Å². The lowest BCUT2D eigenvalue weighted by molar-refractivity contribution is 0.102. The van der Waals surface area contributed by atoms with Gasteiger partial charge < -0.3 is 10.7 Å². The van der Waals surface area contributed by atoms with Crippen LogP contribution in [0.1, 0.15) is 21.5 Å². The molecule has 5 heteroatoms. The third-order valence-corrected chi connectivity index (χ3v) is 2.82. The zero-order chi connectivity index (χ0) is 13.8. The van der Waals surface area contributed by atoms with E-state index in [2.05, 4.69) is 15.7 Å². The molecule has 0 bridgehead atoms. The van der Waals surface area contributed by atoms with Gasteiger partial charge in [-0.25, -0.2) is 4.98 Å². The molecule has 0 aliphatic heterocycles. The molecule has 0 aliphatic rings. The van der Waals surface area contributed by atoms with Gasteiger partial charge in [0.25, 0.3) is 5.91 Å². The Hall–Kier alpha value is -2.40. The number of nitrogens with two attached hydrogens (primary N) is 1. The molecule has 0 aliphatic carbocycles. The number of carbonyl (C=O) groups excluding carboxylic acids is 1. The van der Waals surface area contributed by atoms with E-state index in [0.29, 0.717) is 17.1 Å². The van der Waals surface area contributed by atoms with Gasteiger partial charge in [0, 0.05) is 6.20 Å². The summed E-state index contributed by atoms with van der Waals surface area (Å²) in [6.45, 7) is 3.81. The van der Waals surface area contributed by atoms with E-state index >= 15 is 0 Å². The van der Waals surface area contributed by atoms with Gasteiger partial charge in [-0.3, -0.25) is 10.6 Å². The predicted octanol–water partition coefficient (Wildman–Crippen LogP) is 2.24. The Kier molecular flexibility index (Phi) is 3.77. The molecule has 0 saturated carbocycles. The molecule has 0 saturated heterocycles. The molecule has 1 amide bonds. The number of aromatic nitrogens is 1. The first-order chi connectivity index (χ1) is 9.11. The van der Waals surface area contributed by atoms with Crippen LogP contribution >= 0.6 is 0 Å². The summed E-state index contributed by atoms with van der Waals surface area (Å²) < 4.78 is 0. The molecule has 4 N–H and O–H groups in total. The Balaban J connectivity index is 2.30. The summed E-state index contributed by atoms with van der Waals surface area (Å²) in [5, 5.41) is 2.78. The second kappa shape index (κ2) is 5.49. The van der Waals surface area contributed by atoms with E-state index in [1.807, 2.05) is 32.0 Å². The molecule has 0 spiro atoms. The Morgan fingerprint density at radius 1 is 1.26 bits per heavy atom. The summed E-state index contributed by atoms with van der Waals surface area (Å²) in [6, 6.07) is 9.15. The van der Waals surface area contributed by atoms with Gasteiger partial charge in [0.1, 0.15) is 5.82 Å². The molecular weight excluding hydrogens is 240 g/mol. The van der Waals surface area contributed by atoms with Gasteiger partial charge >= 0.3 is 0 Å². The third kappa shape index (κ3) is 2.89. The quantitative estimate of drug-likeness (QED) is 0.581. The first-order valence-electron chi connectivity index (χ1n) is 5.92. The molecule has 0 radical (unpaired) electrons. The number of rotatable bonds is 3. The maximum absolute atomic E-state index is 12.3. The minimum Gasteiger partial charge on any atom is -0.323 e. The van der Waals surface area contributed by atoms with Crippen LogP contribution < -0.4 is 16.6 Å². The molecule has 98 valence electrons. The predicted molar refractivity (Wildman–Crippen MR) is 75.9 cm³/mol. The van der Waals surface area contributed by atoms with E-state index < -0.39 is 0 Å². The second-order valence-electron chi connectivity index (χ2n) is 4.32. The van der Waals surface area contributed by atoms with Crippen LogP contribution in [0.4, 0.5) is 11.5 Å². The van der Waals surface area contributed by atoms with Crippen molar-refractivity contribution >= 4 is 17.4 Å². The van der Waals surface area contributed by atoms with Crippen LogP contribution in [-0.4, -0.2) is 10.9 Å². The fourth-order valence-corrected chi connectivity index (χ4v) is 1.76. The number of aryl methyl sites for hydroxylation is 2. The highest BCUT2D eigenvalue weighted by Crippen LogP contribution is 2.18. The van der Waals surface area contributed by atoms with Crippen molar-refractivity contribution in [1.29, 1.82) is 0 Å². The van der Waals surface area contributed by atoms with Gasteiger partial charge in [0.2, 0.25) is 0 Å². The van der Waals surface area contributed by atoms with Crippen molar-refractivity contribution < 1.29 is 4.79 Å². The van der Waals surface area contributed by atoms with Gasteiger partial charge in [-0.15, -0.1) is 0 Å². The standard InChI is InChI=1S/C14H16N4O/c1-9-5-6-12(18-15)11(8-9)14(19)17-13-10(2)4-3-7-16-13/h3-8,18H,15H2,1-2H3,(H,16,17,19). The van der Waals surface area contributed by atoms with E-state index in [4.69, 9.17) is 5.84 Å². The number of benzene rings is 1. The van der Waals surface area contributed by atoms with Crippen molar-refractivity contribution in [2.75, 3.05) is 10.7 Å². The molecule has 2 rings (SSSR count). The highest BCUT2D eigenvalue weighted by atomic mass is 16.1. The smallest absolute Gasteiger partial charge is 0.258 e. The Morgan fingerprint density at radius 3 is 2.74 bits per heavy atom. The molecule has 5 nitrogen and oxygen atoms in total. The lowest BCUT2D eigenvalue weighted by atomic mass is 10.1. The maximum Gasteiger partial charge on any atom is 0.258 e. The molecule has 1 heterocycles. The molecule has 2 aromatic rings. The fourth-order valence-electron chi connectivity index (χ4n) is 1.76. The van der Waals surface area contributed by atoms with Crippen LogP contribution in [0.15, 0.2) is 36.5 Å². The number of pyridine rings is 1. The van der Waals surface area contributed by atoms with Crippen LogP contribution in [-0.2, 0) is 0 Å². The molecule has 1 aromatic heterocycles. The first kappa shape index (κ1) is 13.0. The number of hydrazine groups is 1. The molecule has 19 heavy (non-hydrogen) atoms. The largest absolute Gasteiger partial charge is 0.323 e. The molecular formula is C14H16N4O. The Morgan fingerprint density at radius 2 is 2.05 bits per heavy atom. The van der Waals surface area contributed by atoms with Crippen molar-refractivity contribution in [3.63, 3.8) is 0 Å². The summed E-state index contributed by atoms with van der Waals surface area (Å²) in [5.41, 5.74) is 5.49. The zero-order valence-electron chi connectivity index (χ0n) is 10.9. The fraction of sp³-hybridized carbons (Fsp3) is 0.143. The molecule has 1 aromatic carbocycles. The monoisotopic (exact) mass is 256 g/mol. The first-order valence-corrected chi connectivity index (χ1v) is 5.92. The summed E-state index contributed by atoms with van der Waals surface area (Å²) >= 11 is 0. The number of hydrogen-bond donors (Lipinski definition) is 3. The molecule has 0 fully saturated rings. The summed E-state index contributed by atoms with van der Waals surface area (Å²) in [4.78, 5) is 16.4. The van der Waals surface area contributed by atoms with Crippen molar-refractivity contribution in [3.8, 4) is 0 Å². The van der Waals surface area contributed by atoms with E-state index in [1.165, 1.54) is 0 Å². The van der Waals surface area contributed by atoms with Crippen molar-refractivity contribution in [3.05, 3.63) is 53.2 Å². The Labute approximate surface area is 111 Å². The number of anilines is 2. The van der Waals surface area contributed by atoms with E-state index in [-0.39, 0.29) is 5.91 Å². The second-order valence-corrected chi connectivity index (χ2v) is 4.32. The lowest BCUT2D eigenvalue weighted by Crippen LogP contribution is -2.18. The van der Waals surface area contributed by atoms with Crippen LogP contribution in [0.3, 0.4) is 0 Å². The van der Waals surface area contributed by atoms with Crippen LogP contribution in [0.2, 0.25) is 0 Å². The number of nitrogen functional groups attached to an aromatic ring is 1. The highest BCUT2D eigenvalue weighted by Gasteiger charge is 2.12. The minimum atomic E-state index is -0.238. The maximum atomic E-state index is 12.3. The molecule has 0 atom stereocenters. The SMILES string of the molecule is Cc1ccc(NN)c(C(=O)Nc2ncccc2C)c1. The Bertz CT molecular complexity index is 610. The highest BCUT2D eigenvalue weighted by molar-refractivity contribution is 6.08. The van der Waals surface area contributed by atoms with Crippen molar-refractivity contribution in [1.82, 2.24) is 4.98 Å². The van der Waals surface area contributed by atoms with Gasteiger partial charge in [-0.05, 0) is 37.6 Å². The number of hydrogen-bond acceptors (Lipinski definition) is 4. The number of carbonyl (C=O) groups is 1. The van der Waals surface area contributed by atoms with E-state index in [9.17, 15) is 4.79 Å². The summed E-state index contributed by atoms with van der Waals surface area (Å²) in [7, 11) is 0. The average molecular weight is 256 g/mol. The van der Waals surface area contributed by atoms with Crippen molar-refractivity contribution in [2.24, 2.45) is 5.84 Å². The minimum absolute atomic E-state index is 0.238. The molecule has 0 unspecified atom stereocenters. The summed E-state index contributed by atoms with van der Waals surface area (Å²) in [5.74, 6) is 5.73. The lowest BCUT2D eigenvalue weighted by Gasteiger charge is -2.11. The summed E-state index contributed by atoms with van der Waals surface area (Å²) in [6.07, 6.45) is 1.64. The zero-order valence-corrected chi connectivity index (χ0v) is 10.9. The van der Waals surface area contributed by atoms with E-state index in [1.54, 1.807) is 18.3 Å². The van der Waals surface area contributed by atoms with E-state index in [0.717, 1.165) is 11.1 Å². The third-order valence-electron chi connectivity index (χ3n) is 2.82. The number of nitrogens with one attached hydrogen (secondary N) is 2. The van der Waals surface area contributed by atoms with Crippen LogP contribution in [0.25, 0.3) is 0 Å². The average Bonchev–Trinajstić information content (AvgIpc) is 2.41. The normalized spacial score (nSPS) is 10.1. The van der Waals surface area contributed by atoms with Gasteiger partial charge in [-0.2, -0.15) is 0 Å². The van der Waals surface area contributed by atoms with Gasteiger partial charge in [0.15, 0.2) is 0 Å². The van der Waals surface area contributed by atoms with Gasteiger partial charge in [0.05, 0.1) is 11.3 Å². The number of amides is 1. The van der Waals surface area contributed by atoms with Crippen molar-refractivity contribution in [2.45, 2.75) is 13.8 Å². The van der Waals surface area contributed by atoms with Gasteiger partial charge in [-0.1, -0.05) is 17.7 Å². The number of nitrogens with zero attached hydrogens (tertiary/aromatic N) is 1. The topological polar surface area (TPSA) is 80.0 Å². The van der Waals surface area contributed by atoms with Crippen LogP contribution in [0, 0.1) is 13.8 Å².